The number of amides is 1. The van der Waals surface area contributed by atoms with Crippen molar-refractivity contribution in [3.05, 3.63) is 35.9 Å². The Kier molecular flexibility index (Phi) is 9.74. The first-order valence-electron chi connectivity index (χ1n) is 11.8. The number of carbonyl (C=O) groups excluding carboxylic acids is 3. The number of nitrogens with one attached hydrogen (secondary N) is 1. The van der Waals surface area contributed by atoms with Crippen LogP contribution in [-0.4, -0.2) is 36.8 Å². The molecule has 1 aromatic rings. The predicted molar refractivity (Wildman–Crippen MR) is 125 cm³/mol. The van der Waals surface area contributed by atoms with E-state index in [9.17, 15) is 14.4 Å². The van der Waals surface area contributed by atoms with Gasteiger partial charge < -0.3 is 19.5 Å². The standard InChI is InChI=1S/C26H39NO6/c1-17(2)20-13-12-18(3)14-21(20)24(29)31-16-22(19-10-8-7-9-11-19)32-23(28)15-27-25(30)33-26(4,5)6/h7-11,17-18,20-22H,12-16H2,1-6H3,(H,27,30)/t18-,20+,21-,22-/m1/s1. The Morgan fingerprint density at radius 1 is 1.09 bits per heavy atom. The summed E-state index contributed by atoms with van der Waals surface area (Å²) in [6.07, 6.45) is 1.50. The van der Waals surface area contributed by atoms with Crippen LogP contribution in [0.4, 0.5) is 4.79 Å². The molecule has 0 unspecified atom stereocenters. The van der Waals surface area contributed by atoms with E-state index in [1.54, 1.807) is 20.8 Å². The van der Waals surface area contributed by atoms with Crippen LogP contribution >= 0.6 is 0 Å². The zero-order valence-corrected chi connectivity index (χ0v) is 20.8. The molecule has 1 fully saturated rings. The third-order valence-electron chi connectivity index (χ3n) is 5.92. The third kappa shape index (κ3) is 9.06. The number of hydrogen-bond donors (Lipinski definition) is 1. The summed E-state index contributed by atoms with van der Waals surface area (Å²) in [7, 11) is 0. The van der Waals surface area contributed by atoms with Gasteiger partial charge in [-0.05, 0) is 56.9 Å². The number of esters is 2. The highest BCUT2D eigenvalue weighted by Gasteiger charge is 2.37. The molecular weight excluding hydrogens is 422 g/mol. The number of carbonyl (C=O) groups is 3. The van der Waals surface area contributed by atoms with Crippen molar-refractivity contribution in [2.45, 2.75) is 72.5 Å². The van der Waals surface area contributed by atoms with E-state index >= 15 is 0 Å². The lowest BCUT2D eigenvalue weighted by Gasteiger charge is -2.36. The molecule has 1 saturated carbocycles. The molecule has 184 valence electrons. The van der Waals surface area contributed by atoms with Gasteiger partial charge in [-0.1, -0.05) is 57.5 Å². The van der Waals surface area contributed by atoms with Crippen molar-refractivity contribution in [2.24, 2.45) is 23.7 Å². The molecule has 4 atom stereocenters. The fourth-order valence-electron chi connectivity index (χ4n) is 4.26. The first-order chi connectivity index (χ1) is 15.5. The molecule has 0 aliphatic heterocycles. The molecule has 1 aliphatic rings. The van der Waals surface area contributed by atoms with Gasteiger partial charge in [-0.15, -0.1) is 0 Å². The molecule has 0 saturated heterocycles. The van der Waals surface area contributed by atoms with Crippen LogP contribution in [0.25, 0.3) is 0 Å². The zero-order valence-electron chi connectivity index (χ0n) is 20.8. The second kappa shape index (κ2) is 12.1. The third-order valence-corrected chi connectivity index (χ3v) is 5.92. The molecule has 0 aromatic heterocycles. The van der Waals surface area contributed by atoms with Gasteiger partial charge in [-0.25, -0.2) is 4.79 Å². The summed E-state index contributed by atoms with van der Waals surface area (Å²) in [5.41, 5.74) is 0.0486. The van der Waals surface area contributed by atoms with E-state index in [2.05, 4.69) is 26.1 Å². The van der Waals surface area contributed by atoms with E-state index in [0.29, 0.717) is 23.3 Å². The van der Waals surface area contributed by atoms with Crippen molar-refractivity contribution in [3.8, 4) is 0 Å². The van der Waals surface area contributed by atoms with Gasteiger partial charge in [0.1, 0.15) is 18.8 Å². The first kappa shape index (κ1) is 26.7. The smallest absolute Gasteiger partial charge is 0.408 e. The Morgan fingerprint density at radius 2 is 1.76 bits per heavy atom. The van der Waals surface area contributed by atoms with Crippen molar-refractivity contribution in [3.63, 3.8) is 0 Å². The molecule has 0 spiro atoms. The summed E-state index contributed by atoms with van der Waals surface area (Å²) < 4.78 is 16.4. The quantitative estimate of drug-likeness (QED) is 0.430. The largest absolute Gasteiger partial charge is 0.461 e. The summed E-state index contributed by atoms with van der Waals surface area (Å²) in [6, 6.07) is 9.14. The van der Waals surface area contributed by atoms with Crippen molar-refractivity contribution in [1.82, 2.24) is 5.32 Å². The first-order valence-corrected chi connectivity index (χ1v) is 11.8. The molecule has 1 N–H and O–H groups in total. The Hall–Kier alpha value is -2.57. The fourth-order valence-corrected chi connectivity index (χ4v) is 4.26. The fraction of sp³-hybridized carbons (Fsp3) is 0.654. The number of alkyl carbamates (subject to hydrolysis) is 1. The van der Waals surface area contributed by atoms with Gasteiger partial charge in [-0.3, -0.25) is 9.59 Å². The minimum Gasteiger partial charge on any atom is -0.461 e. The number of ether oxygens (including phenoxy) is 3. The molecule has 1 amide bonds. The number of rotatable bonds is 8. The van der Waals surface area contributed by atoms with Crippen molar-refractivity contribution < 1.29 is 28.6 Å². The van der Waals surface area contributed by atoms with E-state index in [1.165, 1.54) is 0 Å². The highest BCUT2D eigenvalue weighted by Crippen LogP contribution is 2.38. The lowest BCUT2D eigenvalue weighted by molar-refractivity contribution is -0.164. The summed E-state index contributed by atoms with van der Waals surface area (Å²) in [4.78, 5) is 37.2. The molecule has 0 radical (unpaired) electrons. The zero-order chi connectivity index (χ0) is 24.6. The van der Waals surface area contributed by atoms with E-state index in [4.69, 9.17) is 14.2 Å². The predicted octanol–water partition coefficient (Wildman–Crippen LogP) is 5.05. The maximum atomic E-state index is 13.0. The Labute approximate surface area is 197 Å². The van der Waals surface area contributed by atoms with Crippen molar-refractivity contribution >= 4 is 18.0 Å². The Bertz CT molecular complexity index is 786. The van der Waals surface area contributed by atoms with Gasteiger partial charge in [0, 0.05) is 0 Å². The van der Waals surface area contributed by atoms with Crippen LogP contribution in [-0.2, 0) is 23.8 Å². The second-order valence-corrected chi connectivity index (χ2v) is 10.3. The molecule has 0 heterocycles. The van der Waals surface area contributed by atoms with Crippen LogP contribution in [0.3, 0.4) is 0 Å². The van der Waals surface area contributed by atoms with Crippen LogP contribution in [0.15, 0.2) is 30.3 Å². The van der Waals surface area contributed by atoms with Gasteiger partial charge >= 0.3 is 18.0 Å². The maximum absolute atomic E-state index is 13.0. The van der Waals surface area contributed by atoms with E-state index in [-0.39, 0.29) is 25.0 Å². The van der Waals surface area contributed by atoms with Crippen LogP contribution in [0, 0.1) is 23.7 Å². The highest BCUT2D eigenvalue weighted by atomic mass is 16.6. The second-order valence-electron chi connectivity index (χ2n) is 10.3. The van der Waals surface area contributed by atoms with E-state index in [1.807, 2.05) is 30.3 Å². The van der Waals surface area contributed by atoms with E-state index in [0.717, 1.165) is 19.3 Å². The maximum Gasteiger partial charge on any atom is 0.408 e. The molecule has 33 heavy (non-hydrogen) atoms. The molecule has 1 aromatic carbocycles. The van der Waals surface area contributed by atoms with Crippen molar-refractivity contribution in [2.75, 3.05) is 13.2 Å². The normalized spacial score (nSPS) is 21.7. The van der Waals surface area contributed by atoms with Crippen LogP contribution in [0.2, 0.25) is 0 Å². The Balaban J connectivity index is 1.99. The van der Waals surface area contributed by atoms with Gasteiger partial charge in [0.05, 0.1) is 5.92 Å². The molecule has 2 rings (SSSR count). The van der Waals surface area contributed by atoms with Gasteiger partial charge in [-0.2, -0.15) is 0 Å². The van der Waals surface area contributed by atoms with Gasteiger partial charge in [0.15, 0.2) is 6.10 Å². The average Bonchev–Trinajstić information content (AvgIpc) is 2.74. The monoisotopic (exact) mass is 461 g/mol. The van der Waals surface area contributed by atoms with Gasteiger partial charge in [0.25, 0.3) is 0 Å². The lowest BCUT2D eigenvalue weighted by atomic mass is 9.70. The van der Waals surface area contributed by atoms with Crippen molar-refractivity contribution in [1.29, 1.82) is 0 Å². The summed E-state index contributed by atoms with van der Waals surface area (Å²) >= 11 is 0. The molecule has 7 nitrogen and oxygen atoms in total. The number of hydrogen-bond acceptors (Lipinski definition) is 6. The summed E-state index contributed by atoms with van der Waals surface area (Å²) in [5.74, 6) is 0.163. The lowest BCUT2D eigenvalue weighted by Crippen LogP contribution is -2.37. The molecule has 7 heteroatoms. The van der Waals surface area contributed by atoms with E-state index < -0.39 is 23.8 Å². The van der Waals surface area contributed by atoms with Crippen LogP contribution in [0.1, 0.15) is 72.5 Å². The number of benzene rings is 1. The summed E-state index contributed by atoms with van der Waals surface area (Å²) in [6.45, 7) is 11.3. The highest BCUT2D eigenvalue weighted by molar-refractivity contribution is 5.78. The molecule has 0 bridgehead atoms. The van der Waals surface area contributed by atoms with Crippen LogP contribution in [0.5, 0.6) is 0 Å². The molecular formula is C26H39NO6. The minimum atomic E-state index is -0.762. The van der Waals surface area contributed by atoms with Gasteiger partial charge in [0.2, 0.25) is 0 Å². The van der Waals surface area contributed by atoms with Crippen LogP contribution < -0.4 is 5.32 Å². The average molecular weight is 462 g/mol. The SMILES string of the molecule is CC(C)[C@@H]1CC[C@@H](C)C[C@H]1C(=O)OC[C@@H](OC(=O)CNC(=O)OC(C)(C)C)c1ccccc1. The molecule has 1 aliphatic carbocycles. The minimum absolute atomic E-state index is 0.0727. The Morgan fingerprint density at radius 3 is 2.36 bits per heavy atom. The topological polar surface area (TPSA) is 90.9 Å². The summed E-state index contributed by atoms with van der Waals surface area (Å²) in [5, 5.41) is 2.39.